The van der Waals surface area contributed by atoms with Crippen molar-refractivity contribution in [1.82, 2.24) is 0 Å². The molecular weight excluding hydrogens is 522 g/mol. The van der Waals surface area contributed by atoms with Crippen LogP contribution in [0.15, 0.2) is 118 Å². The van der Waals surface area contributed by atoms with E-state index in [9.17, 15) is 4.79 Å². The number of ether oxygens (including phenoxy) is 2. The lowest BCUT2D eigenvalue weighted by Crippen LogP contribution is -2.08. The Kier molecular flexibility index (Phi) is 12.5. The van der Waals surface area contributed by atoms with Crippen molar-refractivity contribution in [3.05, 3.63) is 114 Å². The molecule has 0 aliphatic rings. The quantitative estimate of drug-likeness (QED) is 0.0449. The van der Waals surface area contributed by atoms with Gasteiger partial charge in [-0.15, -0.1) is 0 Å². The predicted octanol–water partition coefficient (Wildman–Crippen LogP) is 10.6. The number of rotatable bonds is 16. The zero-order valence-corrected chi connectivity index (χ0v) is 24.3. The van der Waals surface area contributed by atoms with E-state index in [-0.39, 0.29) is 0 Å². The molecular formula is C36H39N3O3. The minimum absolute atomic E-state index is 0.418. The molecule has 4 aromatic rings. The van der Waals surface area contributed by atoms with Gasteiger partial charge in [0.2, 0.25) is 0 Å². The van der Waals surface area contributed by atoms with Crippen molar-refractivity contribution in [1.29, 1.82) is 0 Å². The number of hydrogen-bond donors (Lipinski definition) is 0. The molecule has 0 N–H and O–H groups in total. The number of esters is 1. The van der Waals surface area contributed by atoms with Crippen molar-refractivity contribution in [2.75, 3.05) is 6.61 Å². The van der Waals surface area contributed by atoms with Crippen molar-refractivity contribution >= 4 is 29.2 Å². The molecule has 0 radical (unpaired) electrons. The van der Waals surface area contributed by atoms with Gasteiger partial charge in [-0.2, -0.15) is 10.2 Å². The van der Waals surface area contributed by atoms with Gasteiger partial charge in [0, 0.05) is 6.21 Å². The van der Waals surface area contributed by atoms with Crippen molar-refractivity contribution in [2.45, 2.75) is 58.3 Å². The van der Waals surface area contributed by atoms with Gasteiger partial charge in [0.1, 0.15) is 11.5 Å². The highest BCUT2D eigenvalue weighted by molar-refractivity contribution is 5.91. The van der Waals surface area contributed by atoms with Gasteiger partial charge in [-0.05, 0) is 84.8 Å². The number of nitrogens with zero attached hydrogens (tertiary/aromatic N) is 3. The van der Waals surface area contributed by atoms with Crippen LogP contribution in [0.4, 0.5) is 17.1 Å². The molecule has 6 heteroatoms. The average molecular weight is 562 g/mol. The van der Waals surface area contributed by atoms with E-state index < -0.39 is 5.97 Å². The first-order chi connectivity index (χ1) is 20.7. The summed E-state index contributed by atoms with van der Waals surface area (Å²) in [7, 11) is 0. The van der Waals surface area contributed by atoms with E-state index in [1.54, 1.807) is 30.5 Å². The molecule has 42 heavy (non-hydrogen) atoms. The second-order valence-corrected chi connectivity index (χ2v) is 10.1. The number of aliphatic imine (C=N–C) groups is 1. The highest BCUT2D eigenvalue weighted by Gasteiger charge is 2.09. The lowest BCUT2D eigenvalue weighted by Gasteiger charge is -2.08. The number of carbonyl (C=O) groups is 1. The van der Waals surface area contributed by atoms with Crippen LogP contribution in [-0.2, 0) is 0 Å². The zero-order chi connectivity index (χ0) is 29.2. The molecule has 0 amide bonds. The zero-order valence-electron chi connectivity index (χ0n) is 24.3. The topological polar surface area (TPSA) is 72.6 Å². The summed E-state index contributed by atoms with van der Waals surface area (Å²) in [6.07, 6.45) is 11.9. The van der Waals surface area contributed by atoms with E-state index in [1.165, 1.54) is 44.9 Å². The summed E-state index contributed by atoms with van der Waals surface area (Å²) < 4.78 is 11.5. The summed E-state index contributed by atoms with van der Waals surface area (Å²) in [6, 6.07) is 31.5. The first-order valence-corrected chi connectivity index (χ1v) is 14.9. The van der Waals surface area contributed by atoms with E-state index in [0.717, 1.165) is 34.8 Å². The summed E-state index contributed by atoms with van der Waals surface area (Å²) in [4.78, 5) is 17.2. The highest BCUT2D eigenvalue weighted by atomic mass is 16.5. The number of benzene rings is 4. The van der Waals surface area contributed by atoms with Gasteiger partial charge >= 0.3 is 5.97 Å². The third kappa shape index (κ3) is 10.8. The lowest BCUT2D eigenvalue weighted by atomic mass is 10.1. The van der Waals surface area contributed by atoms with Gasteiger partial charge in [0.05, 0.1) is 29.2 Å². The fourth-order valence-electron chi connectivity index (χ4n) is 4.30. The first-order valence-electron chi connectivity index (χ1n) is 14.9. The molecule has 0 saturated heterocycles. The molecule has 0 fully saturated rings. The van der Waals surface area contributed by atoms with Crippen LogP contribution in [0.25, 0.3) is 0 Å². The van der Waals surface area contributed by atoms with Crippen molar-refractivity contribution < 1.29 is 14.3 Å². The van der Waals surface area contributed by atoms with Crippen LogP contribution in [0.1, 0.15) is 74.2 Å². The van der Waals surface area contributed by atoms with Crippen LogP contribution in [0.5, 0.6) is 11.5 Å². The number of hydrogen-bond acceptors (Lipinski definition) is 6. The second-order valence-electron chi connectivity index (χ2n) is 10.1. The minimum Gasteiger partial charge on any atom is -0.494 e. The normalized spacial score (nSPS) is 11.3. The number of carbonyl (C=O) groups excluding carboxylic acids is 1. The van der Waals surface area contributed by atoms with Gasteiger partial charge in [-0.25, -0.2) is 4.79 Å². The van der Waals surface area contributed by atoms with Gasteiger partial charge in [-0.3, -0.25) is 4.99 Å². The molecule has 0 aromatic heterocycles. The Morgan fingerprint density at radius 2 is 1.29 bits per heavy atom. The fraction of sp³-hybridized carbons (Fsp3) is 0.278. The molecule has 6 nitrogen and oxygen atoms in total. The van der Waals surface area contributed by atoms with Gasteiger partial charge in [0.25, 0.3) is 0 Å². The molecule has 0 heterocycles. The number of unbranched alkanes of at least 4 members (excludes halogenated alkanes) is 7. The molecule has 216 valence electrons. The van der Waals surface area contributed by atoms with E-state index in [2.05, 4.69) is 22.1 Å². The van der Waals surface area contributed by atoms with Crippen LogP contribution >= 0.6 is 0 Å². The molecule has 0 saturated carbocycles. The highest BCUT2D eigenvalue weighted by Crippen LogP contribution is 2.22. The third-order valence-corrected chi connectivity index (χ3v) is 6.67. The fourth-order valence-corrected chi connectivity index (χ4v) is 4.30. The van der Waals surface area contributed by atoms with E-state index in [4.69, 9.17) is 9.47 Å². The van der Waals surface area contributed by atoms with Crippen molar-refractivity contribution in [3.63, 3.8) is 0 Å². The van der Waals surface area contributed by atoms with E-state index in [1.807, 2.05) is 78.9 Å². The summed E-state index contributed by atoms with van der Waals surface area (Å²) in [5.41, 5.74) is 3.61. The van der Waals surface area contributed by atoms with E-state index in [0.29, 0.717) is 17.9 Å². The predicted molar refractivity (Wildman–Crippen MR) is 170 cm³/mol. The second kappa shape index (κ2) is 17.3. The Labute approximate surface area is 249 Å². The minimum atomic E-state index is -0.418. The van der Waals surface area contributed by atoms with Crippen LogP contribution in [0.2, 0.25) is 0 Å². The molecule has 4 rings (SSSR count). The van der Waals surface area contributed by atoms with E-state index >= 15 is 0 Å². The maximum absolute atomic E-state index is 12.7. The molecule has 0 bridgehead atoms. The van der Waals surface area contributed by atoms with Gasteiger partial charge in [-0.1, -0.05) is 82.2 Å². The molecule has 0 atom stereocenters. The van der Waals surface area contributed by atoms with Gasteiger partial charge < -0.3 is 9.47 Å². The van der Waals surface area contributed by atoms with Gasteiger partial charge in [0.15, 0.2) is 0 Å². The van der Waals surface area contributed by atoms with Crippen molar-refractivity contribution in [2.24, 2.45) is 15.2 Å². The average Bonchev–Trinajstić information content (AvgIpc) is 3.03. The maximum Gasteiger partial charge on any atom is 0.343 e. The molecule has 0 spiro atoms. The monoisotopic (exact) mass is 561 g/mol. The smallest absolute Gasteiger partial charge is 0.343 e. The molecule has 0 aliphatic carbocycles. The van der Waals surface area contributed by atoms with Crippen molar-refractivity contribution in [3.8, 4) is 11.5 Å². The molecule has 0 unspecified atom stereocenters. The Morgan fingerprint density at radius 1 is 0.643 bits per heavy atom. The summed E-state index contributed by atoms with van der Waals surface area (Å²) in [6.45, 7) is 2.93. The van der Waals surface area contributed by atoms with Crippen LogP contribution in [0, 0.1) is 0 Å². The standard InChI is InChI=1S/C36H39N3O3/c1-2-3-4-5-6-7-8-12-26-41-34-24-18-30(19-25-34)36(40)42-35-17-13-14-29(27-35)28-37-31-20-22-33(23-21-31)39-38-32-15-10-9-11-16-32/h9-11,13-25,27-28H,2-8,12,26H2,1H3. The Hall–Kier alpha value is -4.58. The SMILES string of the molecule is CCCCCCCCCCOc1ccc(C(=O)Oc2cccc(C=Nc3ccc(N=Nc4ccccc4)cc3)c2)cc1. The first kappa shape index (κ1) is 30.4. The lowest BCUT2D eigenvalue weighted by molar-refractivity contribution is 0.0734. The Bertz CT molecular complexity index is 1420. The molecule has 0 aliphatic heterocycles. The summed E-state index contributed by atoms with van der Waals surface area (Å²) >= 11 is 0. The molecule has 4 aromatic carbocycles. The Balaban J connectivity index is 1.21. The largest absolute Gasteiger partial charge is 0.494 e. The van der Waals surface area contributed by atoms with Crippen LogP contribution in [0.3, 0.4) is 0 Å². The summed E-state index contributed by atoms with van der Waals surface area (Å²) in [5, 5.41) is 8.48. The summed E-state index contributed by atoms with van der Waals surface area (Å²) in [5.74, 6) is 0.801. The number of azo groups is 1. The third-order valence-electron chi connectivity index (χ3n) is 6.67. The Morgan fingerprint density at radius 3 is 2.00 bits per heavy atom. The van der Waals surface area contributed by atoms with Crippen LogP contribution < -0.4 is 9.47 Å². The van der Waals surface area contributed by atoms with Crippen LogP contribution in [-0.4, -0.2) is 18.8 Å². The maximum atomic E-state index is 12.7.